The highest BCUT2D eigenvalue weighted by Gasteiger charge is 2.07. The Morgan fingerprint density at radius 1 is 1.10 bits per heavy atom. The van der Waals surface area contributed by atoms with Crippen molar-refractivity contribution >= 4 is 34.7 Å². The van der Waals surface area contributed by atoms with Crippen LogP contribution in [0.25, 0.3) is 0 Å². The fourth-order valence-corrected chi connectivity index (χ4v) is 3.01. The lowest BCUT2D eigenvalue weighted by Gasteiger charge is -2.13. The topological polar surface area (TPSA) is 12.0 Å². The van der Waals surface area contributed by atoms with Crippen LogP contribution in [-0.4, -0.2) is 4.99 Å². The fourth-order valence-electron chi connectivity index (χ4n) is 1.93. The second-order valence-electron chi connectivity index (χ2n) is 4.77. The van der Waals surface area contributed by atoms with Gasteiger partial charge in [-0.05, 0) is 44.0 Å². The molecule has 2 rings (SSSR count). The van der Waals surface area contributed by atoms with Gasteiger partial charge in [0.25, 0.3) is 0 Å². The summed E-state index contributed by atoms with van der Waals surface area (Å²) in [6.45, 7) is 6.34. The van der Waals surface area contributed by atoms with E-state index in [0.29, 0.717) is 0 Å². The number of hydrogen-bond acceptors (Lipinski definition) is 2. The Bertz CT molecular complexity index is 620. The Hall–Kier alpha value is -1.32. The molecule has 0 heterocycles. The highest BCUT2D eigenvalue weighted by Crippen LogP contribution is 2.35. The lowest BCUT2D eigenvalue weighted by atomic mass is 10.2. The van der Waals surface area contributed by atoms with Crippen LogP contribution in [0.3, 0.4) is 0 Å². The Kier molecular flexibility index (Phi) is 5.21. The van der Waals surface area contributed by atoms with Gasteiger partial charge in [-0.2, -0.15) is 0 Å². The first-order valence-electron chi connectivity index (χ1n) is 6.74. The monoisotopic (exact) mass is 301 g/mol. The quantitative estimate of drug-likeness (QED) is 0.738. The Labute approximate surface area is 130 Å². The van der Waals surface area contributed by atoms with Crippen molar-refractivity contribution in [2.75, 3.05) is 5.32 Å². The van der Waals surface area contributed by atoms with Crippen LogP contribution in [-0.2, 0) is 0 Å². The number of para-hydroxylation sites is 1. The van der Waals surface area contributed by atoms with Gasteiger partial charge in [0.15, 0.2) is 0 Å². The van der Waals surface area contributed by atoms with E-state index in [-0.39, 0.29) is 0 Å². The van der Waals surface area contributed by atoms with E-state index in [2.05, 4.69) is 62.5 Å². The van der Waals surface area contributed by atoms with Crippen molar-refractivity contribution in [3.05, 3.63) is 53.6 Å². The number of rotatable bonds is 4. The predicted molar refractivity (Wildman–Crippen MR) is 93.0 cm³/mol. The fraction of sp³-hybridized carbons (Fsp3) is 0.235. The molecule has 2 aromatic rings. The lowest BCUT2D eigenvalue weighted by molar-refractivity contribution is 1.25. The van der Waals surface area contributed by atoms with Gasteiger partial charge in [-0.3, -0.25) is 0 Å². The van der Waals surface area contributed by atoms with Gasteiger partial charge in [0, 0.05) is 9.79 Å². The zero-order valence-corrected chi connectivity index (χ0v) is 13.7. The molecule has 0 radical (unpaired) electrons. The average Bonchev–Trinajstić information content (AvgIpc) is 2.43. The van der Waals surface area contributed by atoms with E-state index in [1.165, 1.54) is 20.9 Å². The predicted octanol–water partition coefficient (Wildman–Crippen LogP) is 5.60. The molecule has 0 aliphatic carbocycles. The van der Waals surface area contributed by atoms with Gasteiger partial charge in [-0.15, -0.1) is 0 Å². The number of aryl methyl sites for hydroxylation is 2. The summed E-state index contributed by atoms with van der Waals surface area (Å²) in [4.78, 5) is 3.36. The van der Waals surface area contributed by atoms with E-state index < -0.39 is 0 Å². The maximum absolute atomic E-state index is 5.28. The van der Waals surface area contributed by atoms with Crippen LogP contribution in [0.5, 0.6) is 0 Å². The number of anilines is 1. The van der Waals surface area contributed by atoms with Gasteiger partial charge in [0.2, 0.25) is 0 Å². The molecule has 0 unspecified atom stereocenters. The number of hydrogen-bond donors (Lipinski definition) is 1. The Morgan fingerprint density at radius 2 is 1.85 bits per heavy atom. The molecule has 0 saturated carbocycles. The average molecular weight is 301 g/mol. The van der Waals surface area contributed by atoms with Crippen molar-refractivity contribution < 1.29 is 0 Å². The molecular formula is C17H19NS2. The summed E-state index contributed by atoms with van der Waals surface area (Å²) in [5, 5.41) is 3.32. The first-order valence-corrected chi connectivity index (χ1v) is 7.96. The van der Waals surface area contributed by atoms with Crippen LogP contribution in [0, 0.1) is 13.8 Å². The van der Waals surface area contributed by atoms with Crippen LogP contribution < -0.4 is 5.32 Å². The van der Waals surface area contributed by atoms with Crippen LogP contribution in [0.2, 0.25) is 0 Å². The van der Waals surface area contributed by atoms with Gasteiger partial charge in [0.05, 0.1) is 10.7 Å². The third kappa shape index (κ3) is 3.84. The molecule has 2 aromatic carbocycles. The van der Waals surface area contributed by atoms with Crippen LogP contribution in [0.15, 0.2) is 52.3 Å². The summed E-state index contributed by atoms with van der Waals surface area (Å²) in [7, 11) is 0. The summed E-state index contributed by atoms with van der Waals surface area (Å²) < 4.78 is 0. The molecule has 1 N–H and O–H groups in total. The van der Waals surface area contributed by atoms with E-state index in [4.69, 9.17) is 12.2 Å². The lowest BCUT2D eigenvalue weighted by Crippen LogP contribution is -2.07. The number of benzene rings is 2. The van der Waals surface area contributed by atoms with E-state index in [1.807, 2.05) is 6.07 Å². The first kappa shape index (κ1) is 15.1. The molecule has 20 heavy (non-hydrogen) atoms. The van der Waals surface area contributed by atoms with Crippen molar-refractivity contribution in [3.63, 3.8) is 0 Å². The van der Waals surface area contributed by atoms with Crippen molar-refractivity contribution in [2.45, 2.75) is 37.0 Å². The normalized spacial score (nSPS) is 10.3. The minimum atomic E-state index is 0.859. The molecule has 0 aliphatic rings. The van der Waals surface area contributed by atoms with E-state index >= 15 is 0 Å². The summed E-state index contributed by atoms with van der Waals surface area (Å²) in [5.74, 6) is 0. The largest absolute Gasteiger partial charge is 0.349 e. The van der Waals surface area contributed by atoms with Crippen LogP contribution >= 0.6 is 24.0 Å². The van der Waals surface area contributed by atoms with Gasteiger partial charge in [-0.25, -0.2) is 0 Å². The Morgan fingerprint density at radius 3 is 2.55 bits per heavy atom. The minimum absolute atomic E-state index is 0.859. The van der Waals surface area contributed by atoms with E-state index in [0.717, 1.165) is 17.1 Å². The molecule has 0 bridgehead atoms. The van der Waals surface area contributed by atoms with Gasteiger partial charge < -0.3 is 5.32 Å². The molecule has 104 valence electrons. The van der Waals surface area contributed by atoms with E-state index in [9.17, 15) is 0 Å². The molecule has 0 amide bonds. The summed E-state index contributed by atoms with van der Waals surface area (Å²) in [6, 6.07) is 14.9. The second kappa shape index (κ2) is 6.91. The maximum Gasteiger partial charge on any atom is 0.0794 e. The third-order valence-corrected chi connectivity index (χ3v) is 4.68. The van der Waals surface area contributed by atoms with Gasteiger partial charge in [0.1, 0.15) is 0 Å². The van der Waals surface area contributed by atoms with Crippen LogP contribution in [0.4, 0.5) is 5.69 Å². The van der Waals surface area contributed by atoms with Gasteiger partial charge >= 0.3 is 0 Å². The minimum Gasteiger partial charge on any atom is -0.349 e. The molecule has 3 heteroatoms. The maximum atomic E-state index is 5.28. The molecule has 0 aromatic heterocycles. The van der Waals surface area contributed by atoms with Crippen molar-refractivity contribution in [1.29, 1.82) is 0 Å². The number of thiocarbonyl (C=S) groups is 1. The van der Waals surface area contributed by atoms with Crippen molar-refractivity contribution in [2.24, 2.45) is 0 Å². The smallest absolute Gasteiger partial charge is 0.0794 e. The molecule has 0 aliphatic heterocycles. The zero-order chi connectivity index (χ0) is 14.5. The SMILES string of the molecule is CCC(=S)Nc1ccccc1Sc1ccc(C)cc1C. The van der Waals surface area contributed by atoms with Gasteiger partial charge in [-0.1, -0.05) is 60.7 Å². The number of nitrogens with one attached hydrogen (secondary N) is 1. The highest BCUT2D eigenvalue weighted by atomic mass is 32.2. The summed E-state index contributed by atoms with van der Waals surface area (Å²) in [6.07, 6.45) is 0.859. The Balaban J connectivity index is 2.26. The third-order valence-electron chi connectivity index (χ3n) is 3.03. The molecule has 0 fully saturated rings. The summed E-state index contributed by atoms with van der Waals surface area (Å²) in [5.41, 5.74) is 3.69. The van der Waals surface area contributed by atoms with Crippen LogP contribution in [0.1, 0.15) is 24.5 Å². The van der Waals surface area contributed by atoms with Crippen molar-refractivity contribution in [3.8, 4) is 0 Å². The highest BCUT2D eigenvalue weighted by molar-refractivity contribution is 7.99. The summed E-state index contributed by atoms with van der Waals surface area (Å²) >= 11 is 7.06. The molecule has 1 nitrogen and oxygen atoms in total. The second-order valence-corrected chi connectivity index (χ2v) is 6.35. The molecule has 0 spiro atoms. The molecule has 0 atom stereocenters. The molecule has 0 saturated heterocycles. The first-order chi connectivity index (χ1) is 9.60. The molecular weight excluding hydrogens is 282 g/mol. The standard InChI is InChI=1S/C17H19NS2/c1-4-17(19)18-14-7-5-6-8-16(14)20-15-10-9-12(2)11-13(15)3/h5-11H,4H2,1-3H3,(H,18,19). The zero-order valence-electron chi connectivity index (χ0n) is 12.1. The van der Waals surface area contributed by atoms with Crippen molar-refractivity contribution in [1.82, 2.24) is 0 Å². The van der Waals surface area contributed by atoms with E-state index in [1.54, 1.807) is 11.8 Å².